The number of carbonyl (C=O) groups excluding carboxylic acids is 1. The van der Waals surface area contributed by atoms with Gasteiger partial charge in [-0.15, -0.1) is 0 Å². The third kappa shape index (κ3) is 5.10. The standard InChI is InChI=1S/C13H26N2O3S/c1-10(2)6-11(8-14)7-13(16)15(3)12-4-5-19(17,18)9-12/h10-12H,4-9,14H2,1-3H3. The molecule has 2 atom stereocenters. The van der Waals surface area contributed by atoms with Crippen LogP contribution in [0.5, 0.6) is 0 Å². The molecule has 1 heterocycles. The van der Waals surface area contributed by atoms with E-state index < -0.39 is 9.84 Å². The van der Waals surface area contributed by atoms with E-state index in [1.807, 2.05) is 0 Å². The molecule has 19 heavy (non-hydrogen) atoms. The van der Waals surface area contributed by atoms with E-state index in [-0.39, 0.29) is 29.4 Å². The molecule has 1 saturated heterocycles. The third-order valence-electron chi connectivity index (χ3n) is 3.75. The first-order chi connectivity index (χ1) is 8.75. The minimum Gasteiger partial charge on any atom is -0.342 e. The zero-order valence-corrected chi connectivity index (χ0v) is 12.9. The van der Waals surface area contributed by atoms with Crippen LogP contribution in [0.2, 0.25) is 0 Å². The van der Waals surface area contributed by atoms with E-state index in [1.165, 1.54) is 0 Å². The molecule has 1 rings (SSSR count). The highest BCUT2D eigenvalue weighted by atomic mass is 32.2. The Morgan fingerprint density at radius 1 is 1.42 bits per heavy atom. The van der Waals surface area contributed by atoms with Gasteiger partial charge in [0.15, 0.2) is 9.84 Å². The van der Waals surface area contributed by atoms with E-state index in [1.54, 1.807) is 11.9 Å². The van der Waals surface area contributed by atoms with Crippen molar-refractivity contribution >= 4 is 15.7 Å². The highest BCUT2D eigenvalue weighted by Gasteiger charge is 2.33. The molecule has 0 spiro atoms. The molecular formula is C13H26N2O3S. The first-order valence-electron chi connectivity index (χ1n) is 6.91. The van der Waals surface area contributed by atoms with Crippen molar-refractivity contribution < 1.29 is 13.2 Å². The molecular weight excluding hydrogens is 264 g/mol. The van der Waals surface area contributed by atoms with Crippen LogP contribution in [0.4, 0.5) is 0 Å². The van der Waals surface area contributed by atoms with E-state index in [0.29, 0.717) is 25.3 Å². The predicted octanol–water partition coefficient (Wildman–Crippen LogP) is 0.643. The number of rotatable bonds is 6. The fraction of sp³-hybridized carbons (Fsp3) is 0.923. The van der Waals surface area contributed by atoms with Gasteiger partial charge in [-0.25, -0.2) is 8.42 Å². The molecule has 112 valence electrons. The molecule has 0 saturated carbocycles. The lowest BCUT2D eigenvalue weighted by molar-refractivity contribution is -0.132. The number of amides is 1. The third-order valence-corrected chi connectivity index (χ3v) is 5.50. The molecule has 0 aliphatic carbocycles. The summed E-state index contributed by atoms with van der Waals surface area (Å²) in [4.78, 5) is 13.8. The Labute approximate surface area is 116 Å². The van der Waals surface area contributed by atoms with Gasteiger partial charge in [-0.1, -0.05) is 13.8 Å². The Bertz CT molecular complexity index is 406. The van der Waals surface area contributed by atoms with Gasteiger partial charge < -0.3 is 10.6 Å². The lowest BCUT2D eigenvalue weighted by Gasteiger charge is -2.26. The number of sulfone groups is 1. The van der Waals surface area contributed by atoms with Crippen LogP contribution in [0.25, 0.3) is 0 Å². The molecule has 0 aromatic rings. The Hall–Kier alpha value is -0.620. The second-order valence-electron chi connectivity index (χ2n) is 6.00. The van der Waals surface area contributed by atoms with E-state index >= 15 is 0 Å². The SMILES string of the molecule is CC(C)CC(CN)CC(=O)N(C)C1CCS(=O)(=O)C1. The summed E-state index contributed by atoms with van der Waals surface area (Å²) in [5.41, 5.74) is 5.70. The smallest absolute Gasteiger partial charge is 0.222 e. The van der Waals surface area contributed by atoms with Gasteiger partial charge in [-0.05, 0) is 31.2 Å². The molecule has 0 aromatic carbocycles. The number of hydrogen-bond donors (Lipinski definition) is 1. The largest absolute Gasteiger partial charge is 0.342 e. The first-order valence-corrected chi connectivity index (χ1v) is 8.73. The van der Waals surface area contributed by atoms with Gasteiger partial charge in [-0.2, -0.15) is 0 Å². The maximum Gasteiger partial charge on any atom is 0.222 e. The fourth-order valence-corrected chi connectivity index (χ4v) is 4.38. The van der Waals surface area contributed by atoms with E-state index in [9.17, 15) is 13.2 Å². The topological polar surface area (TPSA) is 80.5 Å². The normalized spacial score (nSPS) is 23.5. The van der Waals surface area contributed by atoms with Crippen LogP contribution >= 0.6 is 0 Å². The van der Waals surface area contributed by atoms with Crippen LogP contribution in [0.1, 0.15) is 33.1 Å². The number of carbonyl (C=O) groups is 1. The molecule has 6 heteroatoms. The van der Waals surface area contributed by atoms with E-state index in [0.717, 1.165) is 6.42 Å². The first kappa shape index (κ1) is 16.4. The lowest BCUT2D eigenvalue weighted by Crippen LogP contribution is -2.39. The minimum atomic E-state index is -2.95. The molecule has 2 unspecified atom stereocenters. The predicted molar refractivity (Wildman–Crippen MR) is 76.4 cm³/mol. The average molecular weight is 290 g/mol. The van der Waals surface area contributed by atoms with Gasteiger partial charge in [0.05, 0.1) is 11.5 Å². The lowest BCUT2D eigenvalue weighted by atomic mass is 9.93. The number of hydrogen-bond acceptors (Lipinski definition) is 4. The molecule has 0 radical (unpaired) electrons. The Morgan fingerprint density at radius 2 is 2.05 bits per heavy atom. The Kier molecular flexibility index (Phi) is 5.80. The van der Waals surface area contributed by atoms with Gasteiger partial charge in [-0.3, -0.25) is 4.79 Å². The van der Waals surface area contributed by atoms with Crippen molar-refractivity contribution in [3.05, 3.63) is 0 Å². The van der Waals surface area contributed by atoms with Crippen LogP contribution in [0, 0.1) is 11.8 Å². The Morgan fingerprint density at radius 3 is 2.47 bits per heavy atom. The molecule has 0 aromatic heterocycles. The van der Waals surface area contributed by atoms with Gasteiger partial charge in [0.1, 0.15) is 0 Å². The molecule has 1 amide bonds. The summed E-state index contributed by atoms with van der Waals surface area (Å²) >= 11 is 0. The van der Waals surface area contributed by atoms with Crippen molar-refractivity contribution in [2.75, 3.05) is 25.1 Å². The monoisotopic (exact) mass is 290 g/mol. The molecule has 1 fully saturated rings. The van der Waals surface area contributed by atoms with Gasteiger partial charge in [0.25, 0.3) is 0 Å². The summed E-state index contributed by atoms with van der Waals surface area (Å²) in [6.45, 7) is 4.72. The summed E-state index contributed by atoms with van der Waals surface area (Å²) in [6, 6.07) is -0.157. The second-order valence-corrected chi connectivity index (χ2v) is 8.23. The molecule has 5 nitrogen and oxygen atoms in total. The highest BCUT2D eigenvalue weighted by molar-refractivity contribution is 7.91. The molecule has 2 N–H and O–H groups in total. The fourth-order valence-electron chi connectivity index (χ4n) is 2.60. The zero-order valence-electron chi connectivity index (χ0n) is 12.1. The van der Waals surface area contributed by atoms with Crippen LogP contribution in [0.3, 0.4) is 0 Å². The second kappa shape index (κ2) is 6.70. The van der Waals surface area contributed by atoms with Crippen LogP contribution < -0.4 is 5.73 Å². The van der Waals surface area contributed by atoms with Crippen molar-refractivity contribution in [2.45, 2.75) is 39.2 Å². The van der Waals surface area contributed by atoms with Gasteiger partial charge >= 0.3 is 0 Å². The van der Waals surface area contributed by atoms with Crippen molar-refractivity contribution in [1.82, 2.24) is 4.90 Å². The van der Waals surface area contributed by atoms with Crippen molar-refractivity contribution in [1.29, 1.82) is 0 Å². The molecule has 1 aliphatic heterocycles. The van der Waals surface area contributed by atoms with Gasteiger partial charge in [0, 0.05) is 19.5 Å². The van der Waals surface area contributed by atoms with Crippen molar-refractivity contribution in [3.63, 3.8) is 0 Å². The summed E-state index contributed by atoms with van der Waals surface area (Å²) in [6.07, 6.45) is 1.91. The highest BCUT2D eigenvalue weighted by Crippen LogP contribution is 2.20. The molecule has 1 aliphatic rings. The van der Waals surface area contributed by atoms with Crippen LogP contribution in [-0.2, 0) is 14.6 Å². The minimum absolute atomic E-state index is 0.0122. The zero-order chi connectivity index (χ0) is 14.6. The van der Waals surface area contributed by atoms with E-state index in [2.05, 4.69) is 13.8 Å². The van der Waals surface area contributed by atoms with Crippen LogP contribution in [0.15, 0.2) is 0 Å². The summed E-state index contributed by atoms with van der Waals surface area (Å²) in [7, 11) is -1.24. The number of nitrogens with two attached hydrogens (primary N) is 1. The van der Waals surface area contributed by atoms with Crippen molar-refractivity contribution in [2.24, 2.45) is 17.6 Å². The Balaban J connectivity index is 2.53. The summed E-state index contributed by atoms with van der Waals surface area (Å²) in [5, 5.41) is 0. The van der Waals surface area contributed by atoms with Crippen molar-refractivity contribution in [3.8, 4) is 0 Å². The van der Waals surface area contributed by atoms with Gasteiger partial charge in [0.2, 0.25) is 5.91 Å². The van der Waals surface area contributed by atoms with E-state index in [4.69, 9.17) is 5.73 Å². The summed E-state index contributed by atoms with van der Waals surface area (Å²) in [5.74, 6) is 1.01. The molecule has 0 bridgehead atoms. The average Bonchev–Trinajstić information content (AvgIpc) is 2.67. The summed E-state index contributed by atoms with van der Waals surface area (Å²) < 4.78 is 22.9. The maximum atomic E-state index is 12.2. The van der Waals surface area contributed by atoms with Crippen LogP contribution in [-0.4, -0.2) is 50.4 Å². The number of nitrogens with zero attached hydrogens (tertiary/aromatic N) is 1. The maximum absolute atomic E-state index is 12.2. The quantitative estimate of drug-likeness (QED) is 0.778.